The number of nitrogens with one attached hydrogen (secondary N) is 1. The van der Waals surface area contributed by atoms with E-state index in [-0.39, 0.29) is 18.2 Å². The van der Waals surface area contributed by atoms with Crippen molar-refractivity contribution in [2.75, 3.05) is 38.7 Å². The molecule has 1 N–H and O–H groups in total. The third kappa shape index (κ3) is 3.88. The highest BCUT2D eigenvalue weighted by Gasteiger charge is 2.33. The highest BCUT2D eigenvalue weighted by atomic mass is 16.7. The zero-order valence-corrected chi connectivity index (χ0v) is 14.4. The number of nitrogens with zero attached hydrogens (tertiary/aromatic N) is 1. The van der Waals surface area contributed by atoms with E-state index in [4.69, 9.17) is 14.2 Å². The number of amides is 1. The summed E-state index contributed by atoms with van der Waals surface area (Å²) in [6, 6.07) is 7.28. The van der Waals surface area contributed by atoms with Gasteiger partial charge in [-0.05, 0) is 45.0 Å². The molecule has 6 heteroatoms. The molecule has 2 aliphatic rings. The maximum Gasteiger partial charge on any atom is 0.241 e. The number of para-hydroxylation sites is 2. The van der Waals surface area contributed by atoms with Gasteiger partial charge in [0.25, 0.3) is 0 Å². The molecule has 1 atom stereocenters. The second kappa shape index (κ2) is 7.96. The first-order valence-electron chi connectivity index (χ1n) is 8.60. The van der Waals surface area contributed by atoms with Crippen LogP contribution in [0, 0.1) is 5.92 Å². The van der Waals surface area contributed by atoms with E-state index in [2.05, 4.69) is 10.2 Å². The second-order valence-corrected chi connectivity index (χ2v) is 6.35. The van der Waals surface area contributed by atoms with Crippen LogP contribution in [0.25, 0.3) is 0 Å². The van der Waals surface area contributed by atoms with Crippen LogP contribution in [0.15, 0.2) is 24.3 Å². The van der Waals surface area contributed by atoms with Crippen molar-refractivity contribution in [1.82, 2.24) is 4.90 Å². The number of hydrogen-bond donors (Lipinski definition) is 1. The van der Waals surface area contributed by atoms with Gasteiger partial charge in [-0.25, -0.2) is 0 Å². The lowest BCUT2D eigenvalue weighted by Gasteiger charge is -2.36. The van der Waals surface area contributed by atoms with Crippen molar-refractivity contribution in [3.8, 4) is 5.75 Å². The summed E-state index contributed by atoms with van der Waals surface area (Å²) in [5.74, 6) is 1.10. The SMILES string of the molecule is COc1ccccc1NC(=O)C(C)N1CCC(C2OCCO2)CC1. The van der Waals surface area contributed by atoms with E-state index in [1.54, 1.807) is 7.11 Å². The zero-order chi connectivity index (χ0) is 16.9. The number of hydrogen-bond acceptors (Lipinski definition) is 5. The summed E-state index contributed by atoms with van der Waals surface area (Å²) in [7, 11) is 1.60. The number of ether oxygens (including phenoxy) is 3. The van der Waals surface area contributed by atoms with Crippen LogP contribution in [-0.2, 0) is 14.3 Å². The van der Waals surface area contributed by atoms with Crippen LogP contribution >= 0.6 is 0 Å². The summed E-state index contributed by atoms with van der Waals surface area (Å²) in [6.07, 6.45) is 1.94. The average Bonchev–Trinajstić information content (AvgIpc) is 3.16. The van der Waals surface area contributed by atoms with E-state index >= 15 is 0 Å². The molecular weight excluding hydrogens is 308 g/mol. The minimum absolute atomic E-state index is 0.00804. The molecule has 0 radical (unpaired) electrons. The molecule has 132 valence electrons. The molecule has 1 aromatic rings. The van der Waals surface area contributed by atoms with Crippen molar-refractivity contribution in [3.05, 3.63) is 24.3 Å². The van der Waals surface area contributed by atoms with Gasteiger partial charge in [0.15, 0.2) is 6.29 Å². The Kier molecular flexibility index (Phi) is 5.71. The van der Waals surface area contributed by atoms with Crippen molar-refractivity contribution in [2.45, 2.75) is 32.1 Å². The molecule has 3 rings (SSSR count). The zero-order valence-electron chi connectivity index (χ0n) is 14.4. The predicted octanol–water partition coefficient (Wildman–Crippen LogP) is 2.11. The van der Waals surface area contributed by atoms with E-state index in [9.17, 15) is 4.79 Å². The van der Waals surface area contributed by atoms with Gasteiger partial charge in [-0.2, -0.15) is 0 Å². The third-order valence-electron chi connectivity index (χ3n) is 4.90. The van der Waals surface area contributed by atoms with Gasteiger partial charge < -0.3 is 19.5 Å². The number of piperidine rings is 1. The maximum atomic E-state index is 12.6. The Morgan fingerprint density at radius 3 is 2.58 bits per heavy atom. The molecule has 0 bridgehead atoms. The molecule has 0 spiro atoms. The largest absolute Gasteiger partial charge is 0.495 e. The Morgan fingerprint density at radius 2 is 1.92 bits per heavy atom. The molecule has 2 saturated heterocycles. The van der Waals surface area contributed by atoms with Crippen LogP contribution in [-0.4, -0.2) is 56.6 Å². The Morgan fingerprint density at radius 1 is 1.25 bits per heavy atom. The monoisotopic (exact) mass is 334 g/mol. The molecule has 2 aliphatic heterocycles. The van der Waals surface area contributed by atoms with E-state index < -0.39 is 0 Å². The van der Waals surface area contributed by atoms with E-state index in [0.717, 1.165) is 25.9 Å². The highest BCUT2D eigenvalue weighted by Crippen LogP contribution is 2.27. The summed E-state index contributed by atoms with van der Waals surface area (Å²) in [4.78, 5) is 14.8. The van der Waals surface area contributed by atoms with Crippen molar-refractivity contribution >= 4 is 11.6 Å². The van der Waals surface area contributed by atoms with Crippen molar-refractivity contribution in [2.24, 2.45) is 5.92 Å². The molecule has 1 aromatic carbocycles. The van der Waals surface area contributed by atoms with Crippen molar-refractivity contribution in [3.63, 3.8) is 0 Å². The first-order chi connectivity index (χ1) is 11.7. The molecule has 0 aromatic heterocycles. The van der Waals surface area contributed by atoms with E-state index in [1.807, 2.05) is 31.2 Å². The Bertz CT molecular complexity index is 552. The van der Waals surface area contributed by atoms with Crippen LogP contribution in [0.5, 0.6) is 5.75 Å². The molecule has 1 amide bonds. The fraction of sp³-hybridized carbons (Fsp3) is 0.611. The maximum absolute atomic E-state index is 12.6. The fourth-order valence-electron chi connectivity index (χ4n) is 3.38. The lowest BCUT2D eigenvalue weighted by Crippen LogP contribution is -2.47. The lowest BCUT2D eigenvalue weighted by atomic mass is 9.95. The molecule has 2 heterocycles. The molecule has 2 fully saturated rings. The van der Waals surface area contributed by atoms with Crippen molar-refractivity contribution < 1.29 is 19.0 Å². The van der Waals surface area contributed by atoms with Crippen LogP contribution < -0.4 is 10.1 Å². The third-order valence-corrected chi connectivity index (χ3v) is 4.90. The molecule has 24 heavy (non-hydrogen) atoms. The average molecular weight is 334 g/mol. The number of rotatable bonds is 5. The standard InChI is InChI=1S/C18H26N2O4/c1-13(17(21)19-15-5-3-4-6-16(15)22-2)20-9-7-14(8-10-20)18-23-11-12-24-18/h3-6,13-14,18H,7-12H2,1-2H3,(H,19,21). The quantitative estimate of drug-likeness (QED) is 0.894. The van der Waals surface area contributed by atoms with Crippen LogP contribution in [0.1, 0.15) is 19.8 Å². The number of benzene rings is 1. The number of methoxy groups -OCH3 is 1. The van der Waals surface area contributed by atoms with E-state index in [1.165, 1.54) is 0 Å². The summed E-state index contributed by atoms with van der Waals surface area (Å²) in [5, 5.41) is 2.97. The van der Waals surface area contributed by atoms with Gasteiger partial charge in [0.2, 0.25) is 5.91 Å². The molecule has 1 unspecified atom stereocenters. The Labute approximate surface area is 143 Å². The first kappa shape index (κ1) is 17.2. The molecule has 0 saturated carbocycles. The molecule has 6 nitrogen and oxygen atoms in total. The van der Waals surface area contributed by atoms with Gasteiger partial charge in [0.1, 0.15) is 5.75 Å². The Balaban J connectivity index is 1.52. The fourth-order valence-corrected chi connectivity index (χ4v) is 3.38. The van der Waals surface area contributed by atoms with Gasteiger partial charge >= 0.3 is 0 Å². The summed E-state index contributed by atoms with van der Waals surface area (Å²) in [5.41, 5.74) is 0.708. The smallest absolute Gasteiger partial charge is 0.241 e. The van der Waals surface area contributed by atoms with Crippen LogP contribution in [0.2, 0.25) is 0 Å². The van der Waals surface area contributed by atoms with E-state index in [0.29, 0.717) is 30.6 Å². The van der Waals surface area contributed by atoms with Crippen LogP contribution in [0.3, 0.4) is 0 Å². The Hall–Kier alpha value is -1.63. The number of likely N-dealkylation sites (tertiary alicyclic amines) is 1. The summed E-state index contributed by atoms with van der Waals surface area (Å²) < 4.78 is 16.5. The van der Waals surface area contributed by atoms with Crippen molar-refractivity contribution in [1.29, 1.82) is 0 Å². The van der Waals surface area contributed by atoms with Gasteiger partial charge in [0, 0.05) is 5.92 Å². The topological polar surface area (TPSA) is 60.0 Å². The number of anilines is 1. The highest BCUT2D eigenvalue weighted by molar-refractivity contribution is 5.95. The van der Waals surface area contributed by atoms with Crippen LogP contribution in [0.4, 0.5) is 5.69 Å². The number of carbonyl (C=O) groups excluding carboxylic acids is 1. The molecule has 0 aliphatic carbocycles. The minimum atomic E-state index is -0.179. The van der Waals surface area contributed by atoms with Gasteiger partial charge in [-0.3, -0.25) is 9.69 Å². The molecular formula is C18H26N2O4. The normalized spacial score (nSPS) is 21.6. The van der Waals surface area contributed by atoms with Gasteiger partial charge in [-0.15, -0.1) is 0 Å². The minimum Gasteiger partial charge on any atom is -0.495 e. The second-order valence-electron chi connectivity index (χ2n) is 6.35. The number of carbonyl (C=O) groups is 1. The predicted molar refractivity (Wildman–Crippen MR) is 91.1 cm³/mol. The summed E-state index contributed by atoms with van der Waals surface area (Å²) >= 11 is 0. The van der Waals surface area contributed by atoms with Gasteiger partial charge in [-0.1, -0.05) is 12.1 Å². The lowest BCUT2D eigenvalue weighted by molar-refractivity contribution is -0.123. The first-order valence-corrected chi connectivity index (χ1v) is 8.60. The van der Waals surface area contributed by atoms with Gasteiger partial charge in [0.05, 0.1) is 32.1 Å². The summed E-state index contributed by atoms with van der Waals surface area (Å²) in [6.45, 7) is 5.11.